The van der Waals surface area contributed by atoms with E-state index in [-0.39, 0.29) is 5.91 Å². The molecule has 2 N–H and O–H groups in total. The highest BCUT2D eigenvalue weighted by molar-refractivity contribution is 7.80. The third kappa shape index (κ3) is 1.67. The molecule has 1 aromatic heterocycles. The van der Waals surface area contributed by atoms with Crippen LogP contribution in [0.2, 0.25) is 0 Å². The number of imidazole rings is 1. The maximum absolute atomic E-state index is 11.8. The summed E-state index contributed by atoms with van der Waals surface area (Å²) in [5.41, 5.74) is 3.22. The van der Waals surface area contributed by atoms with Crippen molar-refractivity contribution in [2.75, 3.05) is 7.05 Å². The molecule has 90 valence electrons. The van der Waals surface area contributed by atoms with Crippen molar-refractivity contribution >= 4 is 40.3 Å². The number of rotatable bonds is 1. The molecule has 1 aliphatic heterocycles. The fourth-order valence-corrected chi connectivity index (χ4v) is 2.02. The van der Waals surface area contributed by atoms with Crippen LogP contribution >= 0.6 is 12.2 Å². The zero-order valence-corrected chi connectivity index (χ0v) is 10.4. The van der Waals surface area contributed by atoms with E-state index in [9.17, 15) is 4.79 Å². The van der Waals surface area contributed by atoms with Gasteiger partial charge in [0.1, 0.15) is 5.70 Å². The lowest BCUT2D eigenvalue weighted by atomic mass is 10.1. The van der Waals surface area contributed by atoms with Crippen LogP contribution in [0.1, 0.15) is 5.56 Å². The van der Waals surface area contributed by atoms with Gasteiger partial charge in [-0.25, -0.2) is 4.98 Å². The van der Waals surface area contributed by atoms with Gasteiger partial charge in [-0.2, -0.15) is 0 Å². The fraction of sp³-hybridized carbons (Fsp3) is 0.0833. The average Bonchev–Trinajstić information content (AvgIpc) is 2.91. The SMILES string of the molecule is CN1C(=O)/C(=C/c2ccc3[nH]cnc3c2)NC1=S. The van der Waals surface area contributed by atoms with Crippen molar-refractivity contribution in [3.63, 3.8) is 0 Å². The normalized spacial score (nSPS) is 17.8. The summed E-state index contributed by atoms with van der Waals surface area (Å²) in [4.78, 5) is 20.4. The van der Waals surface area contributed by atoms with Gasteiger partial charge in [-0.1, -0.05) is 6.07 Å². The number of H-pyrrole nitrogens is 1. The molecule has 0 unspecified atom stereocenters. The first-order chi connectivity index (χ1) is 8.65. The number of nitrogens with zero attached hydrogens (tertiary/aromatic N) is 2. The van der Waals surface area contributed by atoms with Crippen LogP contribution in [0.15, 0.2) is 30.2 Å². The number of hydrogen-bond donors (Lipinski definition) is 2. The molecule has 5 nitrogen and oxygen atoms in total. The minimum atomic E-state index is -0.123. The van der Waals surface area contributed by atoms with Crippen LogP contribution in [0.5, 0.6) is 0 Å². The minimum absolute atomic E-state index is 0.123. The summed E-state index contributed by atoms with van der Waals surface area (Å²) < 4.78 is 0. The maximum Gasteiger partial charge on any atom is 0.276 e. The smallest absolute Gasteiger partial charge is 0.276 e. The highest BCUT2D eigenvalue weighted by atomic mass is 32.1. The van der Waals surface area contributed by atoms with Gasteiger partial charge < -0.3 is 10.3 Å². The molecule has 1 amide bonds. The number of hydrogen-bond acceptors (Lipinski definition) is 3. The zero-order valence-electron chi connectivity index (χ0n) is 9.60. The molecule has 0 bridgehead atoms. The zero-order chi connectivity index (χ0) is 12.7. The molecule has 1 aromatic carbocycles. The van der Waals surface area contributed by atoms with Crippen LogP contribution in [0.25, 0.3) is 17.1 Å². The number of thiocarbonyl (C=S) groups is 1. The number of carbonyl (C=O) groups excluding carboxylic acids is 1. The van der Waals surface area contributed by atoms with E-state index >= 15 is 0 Å². The van der Waals surface area contributed by atoms with Gasteiger partial charge in [-0.05, 0) is 36.0 Å². The van der Waals surface area contributed by atoms with Crippen LogP contribution in [0.4, 0.5) is 0 Å². The minimum Gasteiger partial charge on any atom is -0.345 e. The summed E-state index contributed by atoms with van der Waals surface area (Å²) in [5, 5.41) is 3.31. The lowest BCUT2D eigenvalue weighted by Gasteiger charge is -2.02. The summed E-state index contributed by atoms with van der Waals surface area (Å²) in [6.45, 7) is 0. The summed E-state index contributed by atoms with van der Waals surface area (Å²) in [6, 6.07) is 5.76. The summed E-state index contributed by atoms with van der Waals surface area (Å²) >= 11 is 5.01. The van der Waals surface area contributed by atoms with E-state index in [4.69, 9.17) is 12.2 Å². The Morgan fingerprint density at radius 1 is 1.44 bits per heavy atom. The van der Waals surface area contributed by atoms with Gasteiger partial charge in [0.25, 0.3) is 5.91 Å². The molecular weight excluding hydrogens is 248 g/mol. The Kier molecular flexibility index (Phi) is 2.38. The molecule has 3 rings (SSSR count). The molecule has 18 heavy (non-hydrogen) atoms. The fourth-order valence-electron chi connectivity index (χ4n) is 1.83. The number of amides is 1. The van der Waals surface area contributed by atoms with Gasteiger partial charge in [-0.15, -0.1) is 0 Å². The molecular formula is C12H10N4OS. The second kappa shape index (κ2) is 3.92. The molecule has 0 aliphatic carbocycles. The predicted octanol–water partition coefficient (Wildman–Crippen LogP) is 1.25. The van der Waals surface area contributed by atoms with Gasteiger partial charge in [0.15, 0.2) is 5.11 Å². The highest BCUT2D eigenvalue weighted by Gasteiger charge is 2.26. The van der Waals surface area contributed by atoms with E-state index in [1.165, 1.54) is 4.90 Å². The molecule has 0 spiro atoms. The van der Waals surface area contributed by atoms with Crippen LogP contribution in [-0.4, -0.2) is 32.9 Å². The van der Waals surface area contributed by atoms with Crippen LogP contribution < -0.4 is 5.32 Å². The molecule has 1 aliphatic rings. The maximum atomic E-state index is 11.8. The van der Waals surface area contributed by atoms with Gasteiger partial charge in [0.05, 0.1) is 17.4 Å². The lowest BCUT2D eigenvalue weighted by Crippen LogP contribution is -2.25. The number of benzene rings is 1. The van der Waals surface area contributed by atoms with Crippen molar-refractivity contribution in [2.24, 2.45) is 0 Å². The first kappa shape index (κ1) is 10.9. The largest absolute Gasteiger partial charge is 0.345 e. The van der Waals surface area contributed by atoms with E-state index < -0.39 is 0 Å². The van der Waals surface area contributed by atoms with Crippen molar-refractivity contribution in [2.45, 2.75) is 0 Å². The van der Waals surface area contributed by atoms with Gasteiger partial charge in [-0.3, -0.25) is 9.69 Å². The topological polar surface area (TPSA) is 61.0 Å². The number of fused-ring (bicyclic) bond motifs is 1. The quantitative estimate of drug-likeness (QED) is 0.597. The van der Waals surface area contributed by atoms with E-state index in [1.807, 2.05) is 18.2 Å². The lowest BCUT2D eigenvalue weighted by molar-refractivity contribution is -0.121. The van der Waals surface area contributed by atoms with Crippen LogP contribution in [0, 0.1) is 0 Å². The molecule has 0 saturated carbocycles. The Balaban J connectivity index is 2.00. The second-order valence-corrected chi connectivity index (χ2v) is 4.42. The number of aromatic amines is 1. The molecule has 6 heteroatoms. The summed E-state index contributed by atoms with van der Waals surface area (Å²) in [5.74, 6) is -0.123. The van der Waals surface area contributed by atoms with Crippen LogP contribution in [0.3, 0.4) is 0 Å². The number of aromatic nitrogens is 2. The number of likely N-dealkylation sites (N-methyl/N-ethyl adjacent to an activating group) is 1. The van der Waals surface area contributed by atoms with Crippen molar-refractivity contribution < 1.29 is 4.79 Å². The Morgan fingerprint density at radius 2 is 2.28 bits per heavy atom. The van der Waals surface area contributed by atoms with E-state index in [1.54, 1.807) is 19.5 Å². The third-order valence-corrected chi connectivity index (χ3v) is 3.21. The highest BCUT2D eigenvalue weighted by Crippen LogP contribution is 2.16. The number of carbonyl (C=O) groups is 1. The second-order valence-electron chi connectivity index (χ2n) is 4.03. The Labute approximate surface area is 109 Å². The van der Waals surface area contributed by atoms with Crippen molar-refractivity contribution in [1.29, 1.82) is 0 Å². The van der Waals surface area contributed by atoms with Crippen LogP contribution in [-0.2, 0) is 4.79 Å². The van der Waals surface area contributed by atoms with Crippen molar-refractivity contribution in [3.8, 4) is 0 Å². The monoisotopic (exact) mass is 258 g/mol. The summed E-state index contributed by atoms with van der Waals surface area (Å²) in [6.07, 6.45) is 3.41. The standard InChI is InChI=1S/C12H10N4OS/c1-16-11(17)10(15-12(16)18)5-7-2-3-8-9(4-7)14-6-13-8/h2-6H,1H3,(H,13,14)(H,15,18)/b10-5-. The first-order valence-electron chi connectivity index (χ1n) is 5.39. The van der Waals surface area contributed by atoms with E-state index in [0.29, 0.717) is 10.8 Å². The number of nitrogens with one attached hydrogen (secondary N) is 2. The first-order valence-corrected chi connectivity index (χ1v) is 5.80. The predicted molar refractivity (Wildman–Crippen MR) is 72.6 cm³/mol. The summed E-state index contributed by atoms with van der Waals surface area (Å²) in [7, 11) is 1.65. The van der Waals surface area contributed by atoms with E-state index in [0.717, 1.165) is 16.6 Å². The Hall–Kier alpha value is -2.21. The molecule has 0 radical (unpaired) electrons. The van der Waals surface area contributed by atoms with Crippen molar-refractivity contribution in [3.05, 3.63) is 35.8 Å². The Bertz CT molecular complexity index is 688. The average molecular weight is 258 g/mol. The molecule has 2 aromatic rings. The third-order valence-electron chi connectivity index (χ3n) is 2.84. The Morgan fingerprint density at radius 3 is 3.00 bits per heavy atom. The molecule has 0 atom stereocenters. The van der Waals surface area contributed by atoms with Gasteiger partial charge in [0.2, 0.25) is 0 Å². The molecule has 2 heterocycles. The van der Waals surface area contributed by atoms with Crippen molar-refractivity contribution in [1.82, 2.24) is 20.2 Å². The van der Waals surface area contributed by atoms with E-state index in [2.05, 4.69) is 15.3 Å². The van der Waals surface area contributed by atoms with Gasteiger partial charge in [0, 0.05) is 7.05 Å². The molecule has 1 saturated heterocycles. The molecule has 1 fully saturated rings. The van der Waals surface area contributed by atoms with Gasteiger partial charge >= 0.3 is 0 Å².